The number of carbonyl (C=O) groups is 1. The molecule has 0 saturated heterocycles. The minimum Gasteiger partial charge on any atom is -0.444 e. The van der Waals surface area contributed by atoms with E-state index in [4.69, 9.17) is 10.5 Å². The van der Waals surface area contributed by atoms with Gasteiger partial charge in [-0.2, -0.15) is 0 Å². The Kier molecular flexibility index (Phi) is 5.45. The number of hydrogen-bond donors (Lipinski definition) is 2. The smallest absolute Gasteiger partial charge is 0.407 e. The second-order valence-electron chi connectivity index (χ2n) is 6.58. The first-order valence-electron chi connectivity index (χ1n) is 7.01. The lowest BCUT2D eigenvalue weighted by Crippen LogP contribution is -2.41. The van der Waals surface area contributed by atoms with Crippen molar-refractivity contribution in [2.24, 2.45) is 11.7 Å². The second kappa shape index (κ2) is 6.41. The summed E-state index contributed by atoms with van der Waals surface area (Å²) in [4.78, 5) is 11.6. The quantitative estimate of drug-likeness (QED) is 0.816. The van der Waals surface area contributed by atoms with Crippen molar-refractivity contribution in [3.05, 3.63) is 0 Å². The van der Waals surface area contributed by atoms with Gasteiger partial charge in [-0.15, -0.1) is 0 Å². The highest BCUT2D eigenvalue weighted by molar-refractivity contribution is 5.68. The van der Waals surface area contributed by atoms with Gasteiger partial charge in [-0.05, 0) is 65.7 Å². The van der Waals surface area contributed by atoms with Crippen molar-refractivity contribution >= 4 is 6.09 Å². The zero-order valence-electron chi connectivity index (χ0n) is 12.2. The highest BCUT2D eigenvalue weighted by Gasteiger charge is 2.24. The number of nitrogens with two attached hydrogens (primary N) is 1. The molecule has 0 aliphatic heterocycles. The molecule has 4 heteroatoms. The van der Waals surface area contributed by atoms with Gasteiger partial charge in [-0.1, -0.05) is 0 Å². The van der Waals surface area contributed by atoms with Crippen molar-refractivity contribution in [2.45, 2.75) is 77.5 Å². The zero-order chi connectivity index (χ0) is 13.8. The van der Waals surface area contributed by atoms with Crippen molar-refractivity contribution in [3.8, 4) is 0 Å². The van der Waals surface area contributed by atoms with Gasteiger partial charge in [0.05, 0.1) is 0 Å². The lowest BCUT2D eigenvalue weighted by atomic mass is 9.83. The first kappa shape index (κ1) is 15.3. The van der Waals surface area contributed by atoms with Crippen molar-refractivity contribution < 1.29 is 9.53 Å². The topological polar surface area (TPSA) is 64.3 Å². The van der Waals surface area contributed by atoms with E-state index in [0.29, 0.717) is 0 Å². The zero-order valence-corrected chi connectivity index (χ0v) is 12.2. The molecule has 0 bridgehead atoms. The number of ether oxygens (including phenoxy) is 1. The molecule has 1 rings (SSSR count). The third-order valence-electron chi connectivity index (χ3n) is 3.27. The van der Waals surface area contributed by atoms with Gasteiger partial charge in [0.2, 0.25) is 0 Å². The van der Waals surface area contributed by atoms with Crippen LogP contribution in [0.4, 0.5) is 4.79 Å². The van der Waals surface area contributed by atoms with Crippen molar-refractivity contribution in [2.75, 3.05) is 0 Å². The molecule has 0 unspecified atom stereocenters. The molecule has 1 amide bonds. The molecular formula is C14H28N2O2. The van der Waals surface area contributed by atoms with E-state index in [-0.39, 0.29) is 18.2 Å². The van der Waals surface area contributed by atoms with E-state index in [0.717, 1.165) is 38.0 Å². The fourth-order valence-corrected chi connectivity index (χ4v) is 2.54. The number of hydrogen-bond acceptors (Lipinski definition) is 3. The van der Waals surface area contributed by atoms with Crippen LogP contribution in [0.15, 0.2) is 0 Å². The molecule has 0 radical (unpaired) electrons. The van der Waals surface area contributed by atoms with Gasteiger partial charge in [0.1, 0.15) is 5.60 Å². The van der Waals surface area contributed by atoms with Crippen LogP contribution in [-0.2, 0) is 4.74 Å². The fourth-order valence-electron chi connectivity index (χ4n) is 2.54. The van der Waals surface area contributed by atoms with Crippen LogP contribution in [0.5, 0.6) is 0 Å². The minimum absolute atomic E-state index is 0.268. The average Bonchev–Trinajstić information content (AvgIpc) is 2.17. The van der Waals surface area contributed by atoms with Gasteiger partial charge in [-0.25, -0.2) is 4.79 Å². The van der Waals surface area contributed by atoms with Crippen LogP contribution in [0, 0.1) is 5.92 Å². The molecule has 1 aliphatic rings. The molecule has 0 aromatic carbocycles. The van der Waals surface area contributed by atoms with E-state index >= 15 is 0 Å². The van der Waals surface area contributed by atoms with Crippen molar-refractivity contribution in [1.82, 2.24) is 5.32 Å². The number of nitrogens with one attached hydrogen (secondary N) is 1. The monoisotopic (exact) mass is 256 g/mol. The number of carbonyl (C=O) groups excluding carboxylic acids is 1. The summed E-state index contributed by atoms with van der Waals surface area (Å²) in [7, 11) is 0. The van der Waals surface area contributed by atoms with Crippen LogP contribution >= 0.6 is 0 Å². The van der Waals surface area contributed by atoms with Gasteiger partial charge in [0, 0.05) is 12.1 Å². The average molecular weight is 256 g/mol. The Labute approximate surface area is 111 Å². The Morgan fingerprint density at radius 1 is 1.33 bits per heavy atom. The fraction of sp³-hybridized carbons (Fsp3) is 0.929. The third-order valence-corrected chi connectivity index (χ3v) is 3.27. The maximum Gasteiger partial charge on any atom is 0.407 e. The van der Waals surface area contributed by atoms with Gasteiger partial charge in [0.15, 0.2) is 0 Å². The summed E-state index contributed by atoms with van der Waals surface area (Å²) in [5, 5.41) is 2.96. The predicted molar refractivity (Wildman–Crippen MR) is 73.4 cm³/mol. The standard InChI is InChI=1S/C14H28N2O2/c1-10(15)9-11-5-7-12(8-6-11)16-13(17)18-14(2,3)4/h10-12H,5-9,15H2,1-4H3,(H,16,17)/t10-,11?,12?/m0/s1. The molecule has 0 spiro atoms. The van der Waals surface area contributed by atoms with Crippen LogP contribution in [0.3, 0.4) is 0 Å². The molecular weight excluding hydrogens is 228 g/mol. The molecule has 1 fully saturated rings. The Morgan fingerprint density at radius 2 is 1.89 bits per heavy atom. The third kappa shape index (κ3) is 6.24. The molecule has 0 heterocycles. The summed E-state index contributed by atoms with van der Waals surface area (Å²) in [5.74, 6) is 0.724. The lowest BCUT2D eigenvalue weighted by molar-refractivity contribution is 0.0486. The first-order chi connectivity index (χ1) is 8.26. The summed E-state index contributed by atoms with van der Waals surface area (Å²) >= 11 is 0. The van der Waals surface area contributed by atoms with Crippen LogP contribution < -0.4 is 11.1 Å². The maximum absolute atomic E-state index is 11.6. The Hall–Kier alpha value is -0.770. The van der Waals surface area contributed by atoms with Gasteiger partial charge in [-0.3, -0.25) is 0 Å². The van der Waals surface area contributed by atoms with Crippen molar-refractivity contribution in [3.63, 3.8) is 0 Å². The normalized spacial score (nSPS) is 26.5. The molecule has 3 N–H and O–H groups in total. The van der Waals surface area contributed by atoms with Crippen LogP contribution in [0.2, 0.25) is 0 Å². The van der Waals surface area contributed by atoms with E-state index < -0.39 is 5.60 Å². The largest absolute Gasteiger partial charge is 0.444 e. The molecule has 4 nitrogen and oxygen atoms in total. The molecule has 1 aliphatic carbocycles. The SMILES string of the molecule is C[C@H](N)CC1CCC(NC(=O)OC(C)(C)C)CC1. The molecule has 18 heavy (non-hydrogen) atoms. The summed E-state index contributed by atoms with van der Waals surface area (Å²) in [6, 6.07) is 0.551. The molecule has 106 valence electrons. The number of rotatable bonds is 3. The van der Waals surface area contributed by atoms with Gasteiger partial charge in [0.25, 0.3) is 0 Å². The van der Waals surface area contributed by atoms with Crippen molar-refractivity contribution in [1.29, 1.82) is 0 Å². The molecule has 1 saturated carbocycles. The number of alkyl carbamates (subject to hydrolysis) is 1. The van der Waals surface area contributed by atoms with E-state index in [9.17, 15) is 4.79 Å². The Balaban J connectivity index is 2.25. The maximum atomic E-state index is 11.6. The van der Waals surface area contributed by atoms with E-state index in [1.807, 2.05) is 20.8 Å². The molecule has 0 aromatic rings. The molecule has 0 aromatic heterocycles. The van der Waals surface area contributed by atoms with E-state index in [1.165, 1.54) is 0 Å². The predicted octanol–water partition coefficient (Wildman–Crippen LogP) is 2.81. The highest BCUT2D eigenvalue weighted by Crippen LogP contribution is 2.27. The molecule has 1 atom stereocenters. The summed E-state index contributed by atoms with van der Waals surface area (Å²) in [5.41, 5.74) is 5.40. The summed E-state index contributed by atoms with van der Waals surface area (Å²) in [6.07, 6.45) is 5.19. The highest BCUT2D eigenvalue weighted by atomic mass is 16.6. The summed E-state index contributed by atoms with van der Waals surface area (Å²) < 4.78 is 5.26. The Bertz CT molecular complexity index is 263. The van der Waals surface area contributed by atoms with Gasteiger partial charge >= 0.3 is 6.09 Å². The van der Waals surface area contributed by atoms with Crippen LogP contribution in [0.1, 0.15) is 59.8 Å². The summed E-state index contributed by atoms with van der Waals surface area (Å²) in [6.45, 7) is 7.70. The van der Waals surface area contributed by atoms with Gasteiger partial charge < -0.3 is 15.8 Å². The van der Waals surface area contributed by atoms with Crippen LogP contribution in [0.25, 0.3) is 0 Å². The van der Waals surface area contributed by atoms with E-state index in [1.54, 1.807) is 0 Å². The first-order valence-corrected chi connectivity index (χ1v) is 7.01. The lowest BCUT2D eigenvalue weighted by Gasteiger charge is -2.30. The van der Waals surface area contributed by atoms with E-state index in [2.05, 4.69) is 12.2 Å². The number of amides is 1. The minimum atomic E-state index is -0.420. The van der Waals surface area contributed by atoms with Crippen LogP contribution in [-0.4, -0.2) is 23.8 Å². The second-order valence-corrected chi connectivity index (χ2v) is 6.58. The Morgan fingerprint density at radius 3 is 2.33 bits per heavy atom.